The third-order valence-corrected chi connectivity index (χ3v) is 3.56. The van der Waals surface area contributed by atoms with Gasteiger partial charge in [0.25, 0.3) is 0 Å². The Morgan fingerprint density at radius 2 is 1.76 bits per heavy atom. The van der Waals surface area contributed by atoms with Crippen LogP contribution in [0, 0.1) is 0 Å². The third kappa shape index (κ3) is 4.16. The topological polar surface area (TPSA) is 46.2 Å². The van der Waals surface area contributed by atoms with E-state index in [9.17, 15) is 5.11 Å². The van der Waals surface area contributed by atoms with Gasteiger partial charge < -0.3 is 10.8 Å². The van der Waals surface area contributed by atoms with Gasteiger partial charge in [-0.25, -0.2) is 0 Å². The first-order valence-electron chi connectivity index (χ1n) is 5.06. The predicted octanol–water partition coefficient (Wildman–Crippen LogP) is 4.23. The van der Waals surface area contributed by atoms with Crippen LogP contribution in [0.15, 0.2) is 12.1 Å². The second kappa shape index (κ2) is 7.67. The SMILES string of the molecule is CCC[C@H](O)[C@H](N)c1c(Cl)ccc(Cl)c1Cl.Cl. The van der Waals surface area contributed by atoms with Crippen LogP contribution in [0.3, 0.4) is 0 Å². The molecule has 0 saturated carbocycles. The molecule has 98 valence electrons. The number of aliphatic hydroxyl groups excluding tert-OH is 1. The molecule has 0 aromatic heterocycles. The van der Waals surface area contributed by atoms with Gasteiger partial charge >= 0.3 is 0 Å². The molecule has 0 aliphatic carbocycles. The predicted molar refractivity (Wildman–Crippen MR) is 76.6 cm³/mol. The Hall–Kier alpha value is 0.300. The van der Waals surface area contributed by atoms with Gasteiger partial charge in [0.2, 0.25) is 0 Å². The van der Waals surface area contributed by atoms with Gasteiger partial charge in [0.15, 0.2) is 0 Å². The molecule has 1 aromatic rings. The van der Waals surface area contributed by atoms with Crippen LogP contribution in [0.5, 0.6) is 0 Å². The highest BCUT2D eigenvalue weighted by Gasteiger charge is 2.22. The summed E-state index contributed by atoms with van der Waals surface area (Å²) < 4.78 is 0. The highest BCUT2D eigenvalue weighted by molar-refractivity contribution is 6.44. The van der Waals surface area contributed by atoms with Crippen molar-refractivity contribution in [2.45, 2.75) is 31.9 Å². The smallest absolute Gasteiger partial charge is 0.0733 e. The molecule has 0 radical (unpaired) electrons. The van der Waals surface area contributed by atoms with E-state index in [2.05, 4.69) is 0 Å². The van der Waals surface area contributed by atoms with Gasteiger partial charge in [0.1, 0.15) is 0 Å². The summed E-state index contributed by atoms with van der Waals surface area (Å²) in [5, 5.41) is 11.0. The van der Waals surface area contributed by atoms with E-state index in [0.29, 0.717) is 27.1 Å². The van der Waals surface area contributed by atoms with Crippen molar-refractivity contribution in [2.75, 3.05) is 0 Å². The largest absolute Gasteiger partial charge is 0.391 e. The molecule has 0 heterocycles. The van der Waals surface area contributed by atoms with E-state index in [4.69, 9.17) is 40.5 Å². The number of hydrogen-bond acceptors (Lipinski definition) is 2. The summed E-state index contributed by atoms with van der Waals surface area (Å²) in [6, 6.07) is 2.62. The zero-order valence-corrected chi connectivity index (χ0v) is 12.4. The van der Waals surface area contributed by atoms with Gasteiger partial charge in [-0.15, -0.1) is 12.4 Å². The van der Waals surface area contributed by atoms with Crippen LogP contribution in [0.25, 0.3) is 0 Å². The van der Waals surface area contributed by atoms with Gasteiger partial charge in [-0.1, -0.05) is 48.1 Å². The van der Waals surface area contributed by atoms with Gasteiger partial charge in [0, 0.05) is 10.6 Å². The van der Waals surface area contributed by atoms with Crippen molar-refractivity contribution >= 4 is 47.2 Å². The minimum atomic E-state index is -0.668. The number of hydrogen-bond donors (Lipinski definition) is 2. The average Bonchev–Trinajstić information content (AvgIpc) is 2.24. The summed E-state index contributed by atoms with van der Waals surface area (Å²) in [4.78, 5) is 0. The Bertz CT molecular complexity index is 373. The first-order chi connectivity index (χ1) is 7.49. The maximum absolute atomic E-state index is 9.83. The van der Waals surface area contributed by atoms with Crippen molar-refractivity contribution in [3.8, 4) is 0 Å². The minimum Gasteiger partial charge on any atom is -0.391 e. The van der Waals surface area contributed by atoms with Gasteiger partial charge in [-0.3, -0.25) is 0 Å². The van der Waals surface area contributed by atoms with Crippen molar-refractivity contribution in [3.05, 3.63) is 32.8 Å². The van der Waals surface area contributed by atoms with Crippen LogP contribution in [0.4, 0.5) is 0 Å². The fraction of sp³-hybridized carbons (Fsp3) is 0.455. The molecule has 0 unspecified atom stereocenters. The molecule has 0 spiro atoms. The Morgan fingerprint density at radius 1 is 1.24 bits per heavy atom. The highest BCUT2D eigenvalue weighted by atomic mass is 35.5. The number of rotatable bonds is 4. The van der Waals surface area contributed by atoms with Crippen LogP contribution in [-0.2, 0) is 0 Å². The first kappa shape index (κ1) is 17.3. The van der Waals surface area contributed by atoms with Crippen molar-refractivity contribution in [2.24, 2.45) is 5.73 Å². The van der Waals surface area contributed by atoms with E-state index in [1.54, 1.807) is 12.1 Å². The lowest BCUT2D eigenvalue weighted by Crippen LogP contribution is -2.26. The lowest BCUT2D eigenvalue weighted by atomic mass is 9.99. The molecular formula is C11H15Cl4NO. The monoisotopic (exact) mass is 317 g/mol. The fourth-order valence-corrected chi connectivity index (χ4v) is 2.30. The molecule has 0 bridgehead atoms. The summed E-state index contributed by atoms with van der Waals surface area (Å²) in [5.41, 5.74) is 6.43. The summed E-state index contributed by atoms with van der Waals surface area (Å²) in [7, 11) is 0. The number of nitrogens with two attached hydrogens (primary N) is 1. The number of benzene rings is 1. The average molecular weight is 319 g/mol. The molecule has 2 nitrogen and oxygen atoms in total. The molecule has 0 aliphatic rings. The third-order valence-electron chi connectivity index (χ3n) is 2.41. The summed E-state index contributed by atoms with van der Waals surface area (Å²) in [6.07, 6.45) is 0.767. The Morgan fingerprint density at radius 3 is 2.29 bits per heavy atom. The van der Waals surface area contributed by atoms with Gasteiger partial charge in [-0.2, -0.15) is 0 Å². The lowest BCUT2D eigenvalue weighted by Gasteiger charge is -2.21. The van der Waals surface area contributed by atoms with E-state index in [1.807, 2.05) is 6.92 Å². The van der Waals surface area contributed by atoms with Crippen LogP contribution in [-0.4, -0.2) is 11.2 Å². The van der Waals surface area contributed by atoms with E-state index >= 15 is 0 Å². The number of aliphatic hydroxyl groups is 1. The van der Waals surface area contributed by atoms with Crippen molar-refractivity contribution in [1.82, 2.24) is 0 Å². The maximum atomic E-state index is 9.83. The molecular weight excluding hydrogens is 304 g/mol. The molecule has 0 amide bonds. The van der Waals surface area contributed by atoms with E-state index in [1.165, 1.54) is 0 Å². The molecule has 6 heteroatoms. The van der Waals surface area contributed by atoms with Gasteiger partial charge in [0.05, 0.1) is 22.2 Å². The molecule has 0 saturated heterocycles. The minimum absolute atomic E-state index is 0. The van der Waals surface area contributed by atoms with Gasteiger partial charge in [-0.05, 0) is 18.6 Å². The van der Waals surface area contributed by atoms with Crippen molar-refractivity contribution in [3.63, 3.8) is 0 Å². The quantitative estimate of drug-likeness (QED) is 0.816. The second-order valence-electron chi connectivity index (χ2n) is 3.64. The van der Waals surface area contributed by atoms with Crippen molar-refractivity contribution < 1.29 is 5.11 Å². The van der Waals surface area contributed by atoms with Crippen LogP contribution in [0.1, 0.15) is 31.4 Å². The molecule has 0 fully saturated rings. The Labute approximate surface area is 122 Å². The maximum Gasteiger partial charge on any atom is 0.0733 e. The molecule has 2 atom stereocenters. The molecule has 1 rings (SSSR count). The highest BCUT2D eigenvalue weighted by Crippen LogP contribution is 2.36. The summed E-state index contributed by atoms with van der Waals surface area (Å²) in [5.74, 6) is 0. The van der Waals surface area contributed by atoms with E-state index < -0.39 is 12.1 Å². The van der Waals surface area contributed by atoms with Crippen LogP contribution in [0.2, 0.25) is 15.1 Å². The Kier molecular flexibility index (Phi) is 7.81. The standard InChI is InChI=1S/C11H14Cl3NO.ClH/c1-2-3-8(16)11(15)9-6(12)4-5-7(13)10(9)14;/h4-5,8,11,16H,2-3,15H2,1H3;1H/t8-,11-;/m0./s1. The molecule has 3 N–H and O–H groups in total. The second-order valence-corrected chi connectivity index (χ2v) is 4.83. The normalized spacial score (nSPS) is 14.0. The lowest BCUT2D eigenvalue weighted by molar-refractivity contribution is 0.134. The zero-order chi connectivity index (χ0) is 12.3. The fourth-order valence-electron chi connectivity index (χ4n) is 1.52. The van der Waals surface area contributed by atoms with Crippen LogP contribution < -0.4 is 5.73 Å². The van der Waals surface area contributed by atoms with Crippen molar-refractivity contribution in [1.29, 1.82) is 0 Å². The summed E-state index contributed by atoms with van der Waals surface area (Å²) >= 11 is 17.9. The first-order valence-corrected chi connectivity index (χ1v) is 6.19. The molecule has 17 heavy (non-hydrogen) atoms. The molecule has 0 aliphatic heterocycles. The Balaban J connectivity index is 0.00000256. The van der Waals surface area contributed by atoms with Crippen LogP contribution >= 0.6 is 47.2 Å². The van der Waals surface area contributed by atoms with E-state index in [-0.39, 0.29) is 12.4 Å². The molecule has 1 aromatic carbocycles. The number of halogens is 4. The summed E-state index contributed by atoms with van der Waals surface area (Å²) in [6.45, 7) is 1.97. The van der Waals surface area contributed by atoms with E-state index in [0.717, 1.165) is 6.42 Å². The zero-order valence-electron chi connectivity index (χ0n) is 9.29.